The molecule has 1 amide bonds. The van der Waals surface area contributed by atoms with Crippen LogP contribution in [0.5, 0.6) is 11.5 Å². The van der Waals surface area contributed by atoms with Crippen molar-refractivity contribution in [3.05, 3.63) is 90.4 Å². The summed E-state index contributed by atoms with van der Waals surface area (Å²) in [6, 6.07) is 9.96. The van der Waals surface area contributed by atoms with Gasteiger partial charge in [0.25, 0.3) is 11.5 Å². The standard InChI is InChI=1S/C30H30FN3O7S/c1-4-40-29(37)26-18(2)32-30-34(27(26)20-6-8-21(31)9-7-20)28(36)24(42-30)16-19-5-10-22(23(15-19)38-3)41-17-25(35)33-11-13-39-14-12-33/h5-10,15-16,27H,4,11-14,17H2,1-3H3/b24-16+/t27-/m1/s1. The fourth-order valence-corrected chi connectivity index (χ4v) is 5.89. The van der Waals surface area contributed by atoms with Crippen molar-refractivity contribution in [3.8, 4) is 11.5 Å². The smallest absolute Gasteiger partial charge is 0.338 e. The highest BCUT2D eigenvalue weighted by atomic mass is 32.1. The van der Waals surface area contributed by atoms with Crippen LogP contribution in [0, 0.1) is 5.82 Å². The average molecular weight is 596 g/mol. The lowest BCUT2D eigenvalue weighted by Gasteiger charge is -2.26. The molecule has 1 aromatic heterocycles. The van der Waals surface area contributed by atoms with E-state index in [1.165, 1.54) is 35.1 Å². The van der Waals surface area contributed by atoms with E-state index in [9.17, 15) is 18.8 Å². The quantitative estimate of drug-likeness (QED) is 0.368. The van der Waals surface area contributed by atoms with Crippen LogP contribution in [-0.2, 0) is 19.1 Å². The van der Waals surface area contributed by atoms with Crippen molar-refractivity contribution in [3.63, 3.8) is 0 Å². The molecule has 0 spiro atoms. The van der Waals surface area contributed by atoms with Crippen LogP contribution < -0.4 is 24.4 Å². The summed E-state index contributed by atoms with van der Waals surface area (Å²) in [5, 5.41) is 0. The van der Waals surface area contributed by atoms with Crippen molar-refractivity contribution >= 4 is 29.3 Å². The summed E-state index contributed by atoms with van der Waals surface area (Å²) in [6.45, 7) is 5.46. The van der Waals surface area contributed by atoms with E-state index < -0.39 is 17.8 Å². The molecular weight excluding hydrogens is 565 g/mol. The van der Waals surface area contributed by atoms with Crippen LogP contribution >= 0.6 is 11.3 Å². The number of carbonyl (C=O) groups excluding carboxylic acids is 2. The van der Waals surface area contributed by atoms with Crippen molar-refractivity contribution in [2.24, 2.45) is 4.99 Å². The van der Waals surface area contributed by atoms with Crippen molar-refractivity contribution in [1.82, 2.24) is 9.47 Å². The molecule has 10 nitrogen and oxygen atoms in total. The second-order valence-corrected chi connectivity index (χ2v) is 10.6. The molecule has 0 radical (unpaired) electrons. The number of methoxy groups -OCH3 is 1. The van der Waals surface area contributed by atoms with Gasteiger partial charge >= 0.3 is 5.97 Å². The Labute approximate surface area is 244 Å². The SMILES string of the molecule is CCOC(=O)C1=C(C)N=c2s/c(=C/c3ccc(OCC(=O)N4CCOCC4)c(OC)c3)c(=O)n2[C@@H]1c1ccc(F)cc1. The van der Waals surface area contributed by atoms with E-state index >= 15 is 0 Å². The summed E-state index contributed by atoms with van der Waals surface area (Å²) < 4.78 is 37.4. The van der Waals surface area contributed by atoms with Crippen molar-refractivity contribution in [1.29, 1.82) is 0 Å². The molecule has 2 aliphatic rings. The van der Waals surface area contributed by atoms with E-state index in [1.54, 1.807) is 55.2 Å². The van der Waals surface area contributed by atoms with E-state index in [1.807, 2.05) is 0 Å². The van der Waals surface area contributed by atoms with E-state index in [2.05, 4.69) is 4.99 Å². The minimum atomic E-state index is -0.836. The number of allylic oxidation sites excluding steroid dienone is 1. The Balaban J connectivity index is 1.49. The highest BCUT2D eigenvalue weighted by molar-refractivity contribution is 7.07. The fraction of sp³-hybridized carbons (Fsp3) is 0.333. The Bertz CT molecular complexity index is 1710. The maximum atomic E-state index is 13.8. The summed E-state index contributed by atoms with van der Waals surface area (Å²) in [5.74, 6) is -0.371. The van der Waals surface area contributed by atoms with Gasteiger partial charge in [-0.3, -0.25) is 14.2 Å². The molecule has 0 saturated carbocycles. The van der Waals surface area contributed by atoms with Gasteiger partial charge in [-0.25, -0.2) is 14.2 Å². The molecule has 12 heteroatoms. The van der Waals surface area contributed by atoms with Crippen LogP contribution in [0.15, 0.2) is 63.5 Å². The molecule has 3 heterocycles. The van der Waals surface area contributed by atoms with E-state index in [0.29, 0.717) is 64.0 Å². The number of benzene rings is 2. The van der Waals surface area contributed by atoms with Crippen molar-refractivity contribution in [2.45, 2.75) is 19.9 Å². The van der Waals surface area contributed by atoms with Gasteiger partial charge in [0.05, 0.1) is 48.8 Å². The first-order chi connectivity index (χ1) is 20.3. The molecule has 2 aliphatic heterocycles. The zero-order valence-electron chi connectivity index (χ0n) is 23.4. The predicted octanol–water partition coefficient (Wildman–Crippen LogP) is 2.18. The van der Waals surface area contributed by atoms with Gasteiger partial charge in [-0.05, 0) is 55.3 Å². The number of rotatable bonds is 8. The largest absolute Gasteiger partial charge is 0.493 e. The highest BCUT2D eigenvalue weighted by Crippen LogP contribution is 2.31. The van der Waals surface area contributed by atoms with E-state index in [-0.39, 0.29) is 30.3 Å². The lowest BCUT2D eigenvalue weighted by Crippen LogP contribution is -2.43. The molecule has 0 unspecified atom stereocenters. The molecule has 0 bridgehead atoms. The van der Waals surface area contributed by atoms with Crippen LogP contribution in [0.4, 0.5) is 4.39 Å². The number of nitrogens with zero attached hydrogens (tertiary/aromatic N) is 3. The maximum Gasteiger partial charge on any atom is 0.338 e. The topological polar surface area (TPSA) is 109 Å². The van der Waals surface area contributed by atoms with Gasteiger partial charge in [0.1, 0.15) is 5.82 Å². The zero-order valence-corrected chi connectivity index (χ0v) is 24.2. The Morgan fingerprint density at radius 2 is 1.88 bits per heavy atom. The van der Waals surface area contributed by atoms with Gasteiger partial charge in [0, 0.05) is 13.1 Å². The number of halogens is 1. The summed E-state index contributed by atoms with van der Waals surface area (Å²) in [7, 11) is 1.49. The van der Waals surface area contributed by atoms with Gasteiger partial charge in [0.15, 0.2) is 22.9 Å². The van der Waals surface area contributed by atoms with E-state index in [0.717, 1.165) is 0 Å². The molecule has 220 valence electrons. The van der Waals surface area contributed by atoms with Crippen LogP contribution in [0.1, 0.15) is 31.0 Å². The van der Waals surface area contributed by atoms with Crippen LogP contribution in [0.25, 0.3) is 6.08 Å². The van der Waals surface area contributed by atoms with Gasteiger partial charge in [0.2, 0.25) is 0 Å². The van der Waals surface area contributed by atoms with Crippen LogP contribution in [0.3, 0.4) is 0 Å². The second-order valence-electron chi connectivity index (χ2n) is 9.55. The summed E-state index contributed by atoms with van der Waals surface area (Å²) in [4.78, 5) is 45.9. The summed E-state index contributed by atoms with van der Waals surface area (Å²) in [6.07, 6.45) is 1.69. The molecular formula is C30H30FN3O7S. The molecule has 1 saturated heterocycles. The van der Waals surface area contributed by atoms with E-state index in [4.69, 9.17) is 18.9 Å². The molecule has 1 atom stereocenters. The zero-order chi connectivity index (χ0) is 29.8. The van der Waals surface area contributed by atoms with Crippen molar-refractivity contribution in [2.75, 3.05) is 46.6 Å². The molecule has 3 aromatic rings. The first-order valence-corrected chi connectivity index (χ1v) is 14.2. The molecule has 0 N–H and O–H groups in total. The lowest BCUT2D eigenvalue weighted by atomic mass is 9.96. The van der Waals surface area contributed by atoms with Gasteiger partial charge < -0.3 is 23.8 Å². The Hall–Kier alpha value is -4.29. The highest BCUT2D eigenvalue weighted by Gasteiger charge is 2.33. The molecule has 0 aliphatic carbocycles. The van der Waals surface area contributed by atoms with Crippen molar-refractivity contribution < 1.29 is 32.9 Å². The van der Waals surface area contributed by atoms with Gasteiger partial charge in [-0.1, -0.05) is 29.5 Å². The monoisotopic (exact) mass is 595 g/mol. The minimum absolute atomic E-state index is 0.139. The maximum absolute atomic E-state index is 13.8. The van der Waals surface area contributed by atoms with Crippen LogP contribution in [-0.4, -0.2) is 68.0 Å². The number of morpholine rings is 1. The Kier molecular flexibility index (Phi) is 8.83. The number of hydrogen-bond acceptors (Lipinski definition) is 9. The van der Waals surface area contributed by atoms with Crippen LogP contribution in [0.2, 0.25) is 0 Å². The number of esters is 1. The Morgan fingerprint density at radius 3 is 2.57 bits per heavy atom. The third-order valence-corrected chi connectivity index (χ3v) is 7.89. The first kappa shape index (κ1) is 29.2. The average Bonchev–Trinajstić information content (AvgIpc) is 3.30. The normalized spacial score (nSPS) is 17.0. The minimum Gasteiger partial charge on any atom is -0.493 e. The number of hydrogen-bond donors (Lipinski definition) is 0. The predicted molar refractivity (Wildman–Crippen MR) is 153 cm³/mol. The molecule has 5 rings (SSSR count). The number of amides is 1. The lowest BCUT2D eigenvalue weighted by molar-refractivity contribution is -0.139. The van der Waals surface area contributed by atoms with Gasteiger partial charge in [-0.2, -0.15) is 0 Å². The third-order valence-electron chi connectivity index (χ3n) is 6.90. The number of thiazole rings is 1. The first-order valence-electron chi connectivity index (χ1n) is 13.4. The molecule has 42 heavy (non-hydrogen) atoms. The number of fused-ring (bicyclic) bond motifs is 1. The number of ether oxygens (including phenoxy) is 4. The summed E-state index contributed by atoms with van der Waals surface area (Å²) >= 11 is 1.17. The third kappa shape index (κ3) is 6.00. The second kappa shape index (κ2) is 12.7. The number of carbonyl (C=O) groups is 2. The summed E-state index contributed by atoms with van der Waals surface area (Å²) in [5.41, 5.74) is 1.49. The fourth-order valence-electron chi connectivity index (χ4n) is 4.84. The van der Waals surface area contributed by atoms with Gasteiger partial charge in [-0.15, -0.1) is 0 Å². The molecule has 2 aromatic carbocycles. The Morgan fingerprint density at radius 1 is 1.14 bits per heavy atom. The number of aromatic nitrogens is 1. The molecule has 1 fully saturated rings.